The third-order valence-electron chi connectivity index (χ3n) is 7.35. The van der Waals surface area contributed by atoms with Crippen molar-refractivity contribution >= 4 is 11.8 Å². The molecule has 0 radical (unpaired) electrons. The average molecular weight is 360 g/mol. The number of carbonyl (C=O) groups excluding carboxylic acids is 2. The summed E-state index contributed by atoms with van der Waals surface area (Å²) in [4.78, 5) is 25.9. The van der Waals surface area contributed by atoms with Crippen LogP contribution >= 0.6 is 0 Å². The van der Waals surface area contributed by atoms with Gasteiger partial charge in [0.15, 0.2) is 5.78 Å². The molecule has 1 saturated carbocycles. The Morgan fingerprint density at radius 1 is 1.15 bits per heavy atom. The Labute approximate surface area is 154 Å². The van der Waals surface area contributed by atoms with Crippen LogP contribution < -0.4 is 0 Å². The minimum Gasteiger partial charge on any atom is -0.422 e. The van der Waals surface area contributed by atoms with Crippen LogP contribution in [0.3, 0.4) is 0 Å². The summed E-state index contributed by atoms with van der Waals surface area (Å²) < 4.78 is 11.3. The van der Waals surface area contributed by atoms with Crippen molar-refractivity contribution in [2.75, 3.05) is 7.11 Å². The summed E-state index contributed by atoms with van der Waals surface area (Å²) in [6.07, 6.45) is 1.76. The van der Waals surface area contributed by atoms with Gasteiger partial charge in [0.25, 0.3) is 0 Å². The number of aliphatic hydroxyl groups excluding tert-OH is 1. The van der Waals surface area contributed by atoms with Crippen molar-refractivity contribution in [2.45, 2.75) is 65.6 Å². The minimum atomic E-state index is -0.802. The Bertz CT molecular complexity index is 760. The van der Waals surface area contributed by atoms with E-state index in [1.165, 1.54) is 0 Å². The molecule has 5 unspecified atom stereocenters. The number of fused-ring (bicyclic) bond motifs is 1. The van der Waals surface area contributed by atoms with Gasteiger partial charge in [-0.2, -0.15) is 0 Å². The SMILES string of the molecule is COC1C(=O)C2=C3OC(=O)C4=C3C(C)(CCC4O)CCC2(C)C1C(C)C. The Morgan fingerprint density at radius 3 is 2.46 bits per heavy atom. The van der Waals surface area contributed by atoms with Gasteiger partial charge < -0.3 is 14.6 Å². The van der Waals surface area contributed by atoms with Gasteiger partial charge in [0.1, 0.15) is 11.9 Å². The minimum absolute atomic E-state index is 0.0412. The van der Waals surface area contributed by atoms with E-state index >= 15 is 0 Å². The second kappa shape index (κ2) is 5.52. The molecule has 26 heavy (non-hydrogen) atoms. The first-order valence-corrected chi connectivity index (χ1v) is 9.62. The number of hydrogen-bond donors (Lipinski definition) is 1. The molecule has 142 valence electrons. The van der Waals surface area contributed by atoms with Crippen molar-refractivity contribution in [2.24, 2.45) is 22.7 Å². The Kier molecular flexibility index (Phi) is 3.81. The van der Waals surface area contributed by atoms with E-state index in [-0.39, 0.29) is 23.0 Å². The number of Topliss-reactive ketones (excluding diaryl/α,β-unsaturated/α-hetero) is 1. The lowest BCUT2D eigenvalue weighted by Gasteiger charge is -2.39. The topological polar surface area (TPSA) is 72.8 Å². The smallest absolute Gasteiger partial charge is 0.342 e. The van der Waals surface area contributed by atoms with Gasteiger partial charge >= 0.3 is 5.97 Å². The molecule has 0 saturated heterocycles. The van der Waals surface area contributed by atoms with E-state index in [4.69, 9.17) is 9.47 Å². The molecular formula is C21H28O5. The average Bonchev–Trinajstić information content (AvgIpc) is 2.99. The first kappa shape index (κ1) is 17.9. The highest BCUT2D eigenvalue weighted by atomic mass is 16.5. The zero-order valence-corrected chi connectivity index (χ0v) is 16.2. The third kappa shape index (κ3) is 2.04. The summed E-state index contributed by atoms with van der Waals surface area (Å²) in [6.45, 7) is 8.51. The van der Waals surface area contributed by atoms with Gasteiger partial charge in [0.2, 0.25) is 0 Å². The summed E-state index contributed by atoms with van der Waals surface area (Å²) in [5, 5.41) is 10.4. The Hall–Kier alpha value is -1.46. The molecule has 0 spiro atoms. The van der Waals surface area contributed by atoms with Crippen LogP contribution in [-0.4, -0.2) is 36.2 Å². The number of ketones is 1. The maximum atomic E-state index is 13.3. The van der Waals surface area contributed by atoms with Gasteiger partial charge in [-0.25, -0.2) is 4.79 Å². The van der Waals surface area contributed by atoms with Crippen LogP contribution in [0.5, 0.6) is 0 Å². The van der Waals surface area contributed by atoms with Gasteiger partial charge in [-0.05, 0) is 37.0 Å². The van der Waals surface area contributed by atoms with Crippen LogP contribution in [-0.2, 0) is 19.1 Å². The lowest BCUT2D eigenvalue weighted by atomic mass is 9.65. The molecule has 5 heteroatoms. The van der Waals surface area contributed by atoms with Crippen LogP contribution in [0.15, 0.2) is 22.5 Å². The highest BCUT2D eigenvalue weighted by Crippen LogP contribution is 2.62. The zero-order valence-electron chi connectivity index (χ0n) is 16.2. The number of rotatable bonds is 2. The van der Waals surface area contributed by atoms with E-state index in [0.717, 1.165) is 24.8 Å². The molecule has 1 N–H and O–H groups in total. The van der Waals surface area contributed by atoms with Crippen molar-refractivity contribution in [3.8, 4) is 0 Å². The first-order chi connectivity index (χ1) is 12.2. The van der Waals surface area contributed by atoms with Crippen molar-refractivity contribution in [1.29, 1.82) is 0 Å². The van der Waals surface area contributed by atoms with E-state index in [9.17, 15) is 14.7 Å². The quantitative estimate of drug-likeness (QED) is 0.767. The van der Waals surface area contributed by atoms with Crippen LogP contribution in [0.2, 0.25) is 0 Å². The lowest BCUT2D eigenvalue weighted by molar-refractivity contribution is -0.134. The standard InChI is InChI=1S/C21H28O5/c1-10(2)13-18(25-5)16(23)15-17-14-12(19(24)26-17)11(22)6-7-20(14,3)8-9-21(13,15)4/h10-11,13,18,22H,6-9H2,1-5H3. The van der Waals surface area contributed by atoms with E-state index in [1.54, 1.807) is 7.11 Å². The fraction of sp³-hybridized carbons (Fsp3) is 0.714. The summed E-state index contributed by atoms with van der Waals surface area (Å²) in [6, 6.07) is 0. The predicted molar refractivity (Wildman–Crippen MR) is 95.0 cm³/mol. The van der Waals surface area contributed by atoms with E-state index < -0.39 is 23.6 Å². The van der Waals surface area contributed by atoms with E-state index in [1.807, 2.05) is 0 Å². The van der Waals surface area contributed by atoms with Crippen molar-refractivity contribution in [1.82, 2.24) is 0 Å². The number of hydrogen-bond acceptors (Lipinski definition) is 5. The lowest BCUT2D eigenvalue weighted by Crippen LogP contribution is -2.36. The Morgan fingerprint density at radius 2 is 1.85 bits per heavy atom. The molecule has 1 aliphatic heterocycles. The molecule has 1 fully saturated rings. The van der Waals surface area contributed by atoms with Gasteiger partial charge in [-0.15, -0.1) is 0 Å². The van der Waals surface area contributed by atoms with Crippen LogP contribution in [0.4, 0.5) is 0 Å². The summed E-state index contributed by atoms with van der Waals surface area (Å²) in [7, 11) is 1.58. The van der Waals surface area contributed by atoms with E-state index in [0.29, 0.717) is 23.3 Å². The molecule has 4 aliphatic rings. The highest BCUT2D eigenvalue weighted by molar-refractivity contribution is 6.07. The van der Waals surface area contributed by atoms with E-state index in [2.05, 4.69) is 27.7 Å². The van der Waals surface area contributed by atoms with Crippen LogP contribution in [0.25, 0.3) is 0 Å². The molecule has 5 nitrogen and oxygen atoms in total. The fourth-order valence-corrected chi connectivity index (χ4v) is 6.10. The number of allylic oxidation sites excluding steroid dienone is 1. The molecule has 4 rings (SSSR count). The molecule has 5 atom stereocenters. The second-order valence-electron chi connectivity index (χ2n) is 9.21. The molecular weight excluding hydrogens is 332 g/mol. The number of aliphatic hydroxyl groups is 1. The summed E-state index contributed by atoms with van der Waals surface area (Å²) in [5.74, 6) is 0.187. The van der Waals surface area contributed by atoms with Crippen LogP contribution in [0.1, 0.15) is 53.4 Å². The van der Waals surface area contributed by atoms with Gasteiger partial charge in [0, 0.05) is 29.6 Å². The Balaban J connectivity index is 2.01. The van der Waals surface area contributed by atoms with Gasteiger partial charge in [-0.3, -0.25) is 4.79 Å². The molecule has 3 aliphatic carbocycles. The maximum absolute atomic E-state index is 13.3. The monoisotopic (exact) mass is 360 g/mol. The highest BCUT2D eigenvalue weighted by Gasteiger charge is 2.62. The first-order valence-electron chi connectivity index (χ1n) is 9.62. The zero-order chi connectivity index (χ0) is 19.0. The summed E-state index contributed by atoms with van der Waals surface area (Å²) in [5.41, 5.74) is 1.14. The number of ether oxygens (including phenoxy) is 2. The predicted octanol–water partition coefficient (Wildman–Crippen LogP) is 2.92. The maximum Gasteiger partial charge on any atom is 0.342 e. The molecule has 0 aromatic heterocycles. The fourth-order valence-electron chi connectivity index (χ4n) is 6.10. The van der Waals surface area contributed by atoms with Crippen molar-refractivity contribution in [3.05, 3.63) is 22.5 Å². The van der Waals surface area contributed by atoms with Crippen molar-refractivity contribution < 1.29 is 24.2 Å². The molecule has 0 bridgehead atoms. The van der Waals surface area contributed by atoms with Crippen molar-refractivity contribution in [3.63, 3.8) is 0 Å². The number of carbonyl (C=O) groups is 2. The largest absolute Gasteiger partial charge is 0.422 e. The molecule has 0 aromatic carbocycles. The molecule has 0 aromatic rings. The molecule has 1 heterocycles. The number of methoxy groups -OCH3 is 1. The number of esters is 1. The third-order valence-corrected chi connectivity index (χ3v) is 7.35. The normalized spacial score (nSPS) is 42.2. The summed E-state index contributed by atoms with van der Waals surface area (Å²) >= 11 is 0. The second-order valence-corrected chi connectivity index (χ2v) is 9.21. The van der Waals surface area contributed by atoms with Gasteiger partial charge in [-0.1, -0.05) is 27.7 Å². The van der Waals surface area contributed by atoms with Gasteiger partial charge in [0.05, 0.1) is 11.7 Å². The molecule has 0 amide bonds. The van der Waals surface area contributed by atoms with Crippen LogP contribution in [0, 0.1) is 22.7 Å².